The molecule has 1 aromatic carbocycles. The molecule has 0 radical (unpaired) electrons. The van der Waals surface area contributed by atoms with Crippen LogP contribution in [0.1, 0.15) is 24.3 Å². The Balaban J connectivity index is 1.82. The summed E-state index contributed by atoms with van der Waals surface area (Å²) in [5, 5.41) is 14.2. The summed E-state index contributed by atoms with van der Waals surface area (Å²) in [5.74, 6) is 0.976. The predicted octanol–water partition coefficient (Wildman–Crippen LogP) is 1.52. The van der Waals surface area contributed by atoms with E-state index in [0.29, 0.717) is 19.4 Å². The molecule has 6 heteroatoms. The number of nitrogens with zero attached hydrogens (tertiary/aromatic N) is 1. The minimum atomic E-state index is -0.0648. The molecule has 1 atom stereocenters. The van der Waals surface area contributed by atoms with Crippen molar-refractivity contribution in [3.63, 3.8) is 0 Å². The van der Waals surface area contributed by atoms with Crippen LogP contribution in [0.3, 0.4) is 0 Å². The highest BCUT2D eigenvalue weighted by atomic mass is 32.2. The van der Waals surface area contributed by atoms with E-state index < -0.39 is 0 Å². The van der Waals surface area contributed by atoms with E-state index in [1.54, 1.807) is 11.8 Å². The number of hydrogen-bond acceptors (Lipinski definition) is 4. The average molecular weight is 279 g/mol. The summed E-state index contributed by atoms with van der Waals surface area (Å²) in [6, 6.07) is 8.01. The first-order valence-corrected chi connectivity index (χ1v) is 7.16. The quantitative estimate of drug-likeness (QED) is 0.251. The topological polar surface area (TPSA) is 87.7 Å². The first-order chi connectivity index (χ1) is 9.22. The number of nitrogens with one attached hydrogen (secondary N) is 1. The van der Waals surface area contributed by atoms with Crippen LogP contribution in [0.2, 0.25) is 0 Å². The number of hydrogen-bond donors (Lipinski definition) is 3. The number of carbonyl (C=O) groups is 1. The van der Waals surface area contributed by atoms with Gasteiger partial charge < -0.3 is 16.3 Å². The normalized spacial score (nSPS) is 18.1. The summed E-state index contributed by atoms with van der Waals surface area (Å²) in [7, 11) is 0. The van der Waals surface area contributed by atoms with Crippen molar-refractivity contribution in [3.05, 3.63) is 29.8 Å². The Bertz CT molecular complexity index is 491. The highest BCUT2D eigenvalue weighted by molar-refractivity contribution is 7.99. The molecular weight excluding hydrogens is 262 g/mol. The van der Waals surface area contributed by atoms with Gasteiger partial charge >= 0.3 is 0 Å². The standard InChI is InChI=1S/C13H17N3O2S/c14-12(16-18)6-3-7-15-13(17)10-8-19-11-5-2-1-4-9(10)11/h1-2,4-5,10,18H,3,6-8H2,(H2,14,16)(H,15,17). The first-order valence-electron chi connectivity index (χ1n) is 6.18. The van der Waals surface area contributed by atoms with Crippen molar-refractivity contribution in [3.8, 4) is 0 Å². The largest absolute Gasteiger partial charge is 0.409 e. The lowest BCUT2D eigenvalue weighted by molar-refractivity contribution is -0.122. The number of rotatable bonds is 5. The Hall–Kier alpha value is -1.69. The van der Waals surface area contributed by atoms with Crippen LogP contribution >= 0.6 is 11.8 Å². The van der Waals surface area contributed by atoms with Crippen LogP contribution in [0, 0.1) is 0 Å². The van der Waals surface area contributed by atoms with Crippen molar-refractivity contribution >= 4 is 23.5 Å². The molecule has 0 spiro atoms. The van der Waals surface area contributed by atoms with Crippen molar-refractivity contribution in [2.45, 2.75) is 23.7 Å². The van der Waals surface area contributed by atoms with Gasteiger partial charge in [0.2, 0.25) is 5.91 Å². The third kappa shape index (κ3) is 3.41. The highest BCUT2D eigenvalue weighted by Crippen LogP contribution is 2.39. The minimum Gasteiger partial charge on any atom is -0.409 e. The van der Waals surface area contributed by atoms with E-state index >= 15 is 0 Å². The number of benzene rings is 1. The van der Waals surface area contributed by atoms with Crippen LogP contribution in [-0.4, -0.2) is 29.2 Å². The van der Waals surface area contributed by atoms with Crippen molar-refractivity contribution in [1.29, 1.82) is 0 Å². The summed E-state index contributed by atoms with van der Waals surface area (Å²) >= 11 is 1.72. The van der Waals surface area contributed by atoms with Gasteiger partial charge in [0.1, 0.15) is 5.84 Å². The maximum absolute atomic E-state index is 12.1. The SMILES string of the molecule is NC(CCCNC(=O)C1CSc2ccccc21)=NO. The fourth-order valence-corrected chi connectivity index (χ4v) is 3.26. The molecule has 102 valence electrons. The van der Waals surface area contributed by atoms with Crippen molar-refractivity contribution < 1.29 is 10.0 Å². The molecule has 1 unspecified atom stereocenters. The second-order valence-electron chi connectivity index (χ2n) is 4.39. The van der Waals surface area contributed by atoms with Crippen molar-refractivity contribution in [2.75, 3.05) is 12.3 Å². The number of amides is 1. The molecule has 0 fully saturated rings. The molecule has 2 rings (SSSR count). The van der Waals surface area contributed by atoms with Crippen molar-refractivity contribution in [2.24, 2.45) is 10.9 Å². The van der Waals surface area contributed by atoms with E-state index in [-0.39, 0.29) is 17.7 Å². The molecule has 1 aliphatic rings. The molecule has 0 saturated carbocycles. The van der Waals surface area contributed by atoms with Gasteiger partial charge in [0, 0.05) is 23.6 Å². The van der Waals surface area contributed by atoms with Gasteiger partial charge in [-0.15, -0.1) is 11.8 Å². The molecule has 1 aliphatic heterocycles. The zero-order valence-corrected chi connectivity index (χ0v) is 11.3. The van der Waals surface area contributed by atoms with Gasteiger partial charge in [0.15, 0.2) is 0 Å². The van der Waals surface area contributed by atoms with Gasteiger partial charge in [-0.25, -0.2) is 0 Å². The van der Waals surface area contributed by atoms with Gasteiger partial charge in [-0.2, -0.15) is 0 Å². The number of carbonyl (C=O) groups excluding carboxylic acids is 1. The van der Waals surface area contributed by atoms with E-state index in [9.17, 15) is 4.79 Å². The lowest BCUT2D eigenvalue weighted by Crippen LogP contribution is -2.30. The number of nitrogens with two attached hydrogens (primary N) is 1. The molecule has 1 aromatic rings. The average Bonchev–Trinajstić information content (AvgIpc) is 2.87. The maximum atomic E-state index is 12.1. The Kier molecular flexibility index (Phi) is 4.68. The lowest BCUT2D eigenvalue weighted by Gasteiger charge is -2.11. The Morgan fingerprint density at radius 3 is 3.11 bits per heavy atom. The Labute approximate surface area is 116 Å². The second kappa shape index (κ2) is 6.47. The summed E-state index contributed by atoms with van der Waals surface area (Å²) in [4.78, 5) is 13.3. The molecule has 0 aromatic heterocycles. The third-order valence-corrected chi connectivity index (χ3v) is 4.24. The van der Waals surface area contributed by atoms with Gasteiger partial charge in [-0.3, -0.25) is 4.79 Å². The number of thioether (sulfide) groups is 1. The highest BCUT2D eigenvalue weighted by Gasteiger charge is 2.28. The van der Waals surface area contributed by atoms with Gasteiger partial charge in [0.25, 0.3) is 0 Å². The monoisotopic (exact) mass is 279 g/mol. The van der Waals surface area contributed by atoms with Crippen LogP contribution in [-0.2, 0) is 4.79 Å². The van der Waals surface area contributed by atoms with Crippen LogP contribution in [0.15, 0.2) is 34.3 Å². The Morgan fingerprint density at radius 2 is 2.32 bits per heavy atom. The summed E-state index contributed by atoms with van der Waals surface area (Å²) in [6.07, 6.45) is 1.15. The molecule has 5 nitrogen and oxygen atoms in total. The van der Waals surface area contributed by atoms with Crippen LogP contribution in [0.5, 0.6) is 0 Å². The zero-order chi connectivity index (χ0) is 13.7. The van der Waals surface area contributed by atoms with Crippen LogP contribution < -0.4 is 11.1 Å². The van der Waals surface area contributed by atoms with Gasteiger partial charge in [0.05, 0.1) is 5.92 Å². The lowest BCUT2D eigenvalue weighted by atomic mass is 10.0. The summed E-state index contributed by atoms with van der Waals surface area (Å²) in [6.45, 7) is 0.540. The molecule has 4 N–H and O–H groups in total. The van der Waals surface area contributed by atoms with E-state index in [4.69, 9.17) is 10.9 Å². The maximum Gasteiger partial charge on any atom is 0.228 e. The predicted molar refractivity (Wildman–Crippen MR) is 75.6 cm³/mol. The van der Waals surface area contributed by atoms with Gasteiger partial charge in [-0.05, 0) is 18.1 Å². The molecule has 0 bridgehead atoms. The number of fused-ring (bicyclic) bond motifs is 1. The molecule has 1 amide bonds. The zero-order valence-electron chi connectivity index (χ0n) is 10.5. The minimum absolute atomic E-state index is 0.0527. The van der Waals surface area contributed by atoms with Crippen LogP contribution in [0.25, 0.3) is 0 Å². The molecule has 19 heavy (non-hydrogen) atoms. The van der Waals surface area contributed by atoms with E-state index in [2.05, 4.69) is 10.5 Å². The molecular formula is C13H17N3O2S. The molecule has 0 saturated heterocycles. The fourth-order valence-electron chi connectivity index (χ4n) is 2.03. The van der Waals surface area contributed by atoms with E-state index in [0.717, 1.165) is 11.3 Å². The molecule has 1 heterocycles. The van der Waals surface area contributed by atoms with Crippen LogP contribution in [0.4, 0.5) is 0 Å². The third-order valence-electron chi connectivity index (χ3n) is 3.05. The van der Waals surface area contributed by atoms with Crippen molar-refractivity contribution in [1.82, 2.24) is 5.32 Å². The van der Waals surface area contributed by atoms with E-state index in [1.807, 2.05) is 24.3 Å². The molecule has 0 aliphatic carbocycles. The van der Waals surface area contributed by atoms with Gasteiger partial charge in [-0.1, -0.05) is 23.4 Å². The first kappa shape index (κ1) is 13.7. The summed E-state index contributed by atoms with van der Waals surface area (Å²) in [5.41, 5.74) is 6.47. The fraction of sp³-hybridized carbons (Fsp3) is 0.385. The summed E-state index contributed by atoms with van der Waals surface area (Å²) < 4.78 is 0. The smallest absolute Gasteiger partial charge is 0.228 e. The second-order valence-corrected chi connectivity index (χ2v) is 5.45. The number of oxime groups is 1. The Morgan fingerprint density at radius 1 is 1.53 bits per heavy atom. The number of amidine groups is 1. The van der Waals surface area contributed by atoms with E-state index in [1.165, 1.54) is 4.90 Å².